The van der Waals surface area contributed by atoms with Crippen LogP contribution in [0, 0.1) is 5.92 Å². The van der Waals surface area contributed by atoms with Crippen molar-refractivity contribution in [1.29, 1.82) is 0 Å². The monoisotopic (exact) mass is 365 g/mol. The summed E-state index contributed by atoms with van der Waals surface area (Å²) in [5.41, 5.74) is 2.92. The van der Waals surface area contributed by atoms with Gasteiger partial charge >= 0.3 is 0 Å². The third kappa shape index (κ3) is 3.89. The number of carbonyl (C=O) groups is 2. The zero-order chi connectivity index (χ0) is 18.8. The van der Waals surface area contributed by atoms with Crippen LogP contribution in [-0.2, 0) is 4.79 Å². The summed E-state index contributed by atoms with van der Waals surface area (Å²) in [6.45, 7) is 4.46. The van der Waals surface area contributed by atoms with Crippen molar-refractivity contribution in [3.63, 3.8) is 0 Å². The second kappa shape index (κ2) is 7.31. The Hall–Kier alpha value is -3.02. The fourth-order valence-electron chi connectivity index (χ4n) is 3.45. The summed E-state index contributed by atoms with van der Waals surface area (Å²) in [6, 6.07) is 13.0. The Bertz CT molecular complexity index is 855. The Morgan fingerprint density at radius 2 is 1.89 bits per heavy atom. The highest BCUT2D eigenvalue weighted by atomic mass is 16.5. The number of fused-ring (bicyclic) bond motifs is 1. The molecule has 0 radical (unpaired) electrons. The van der Waals surface area contributed by atoms with Crippen LogP contribution in [0.5, 0.6) is 5.75 Å². The number of hydrogen-bond donors (Lipinski definition) is 2. The molecule has 2 aliphatic heterocycles. The summed E-state index contributed by atoms with van der Waals surface area (Å²) < 4.78 is 5.32. The highest BCUT2D eigenvalue weighted by Crippen LogP contribution is 2.29. The lowest BCUT2D eigenvalue weighted by atomic mass is 9.99. The molecule has 1 fully saturated rings. The van der Waals surface area contributed by atoms with Gasteiger partial charge in [0.2, 0.25) is 0 Å². The van der Waals surface area contributed by atoms with E-state index in [1.807, 2.05) is 24.3 Å². The van der Waals surface area contributed by atoms with Crippen LogP contribution >= 0.6 is 0 Å². The average molecular weight is 365 g/mol. The van der Waals surface area contributed by atoms with E-state index >= 15 is 0 Å². The molecule has 0 aromatic heterocycles. The van der Waals surface area contributed by atoms with Crippen LogP contribution in [-0.4, -0.2) is 31.5 Å². The van der Waals surface area contributed by atoms with Gasteiger partial charge in [-0.2, -0.15) is 0 Å². The van der Waals surface area contributed by atoms with E-state index in [0.717, 1.165) is 24.7 Å². The number of anilines is 3. The van der Waals surface area contributed by atoms with Crippen molar-refractivity contribution in [3.05, 3.63) is 48.0 Å². The lowest BCUT2D eigenvalue weighted by Gasteiger charge is -2.32. The van der Waals surface area contributed by atoms with Gasteiger partial charge in [-0.25, -0.2) is 0 Å². The minimum Gasteiger partial charge on any atom is -0.482 e. The molecule has 0 unspecified atom stereocenters. The molecule has 27 heavy (non-hydrogen) atoms. The fourth-order valence-corrected chi connectivity index (χ4v) is 3.45. The van der Waals surface area contributed by atoms with Crippen LogP contribution in [0.2, 0.25) is 0 Å². The minimum absolute atomic E-state index is 0.000815. The van der Waals surface area contributed by atoms with Crippen LogP contribution in [0.1, 0.15) is 30.1 Å². The molecule has 2 N–H and O–H groups in total. The molecule has 2 heterocycles. The first-order valence-corrected chi connectivity index (χ1v) is 9.31. The normalized spacial score (nSPS) is 16.9. The molecule has 6 nitrogen and oxygen atoms in total. The summed E-state index contributed by atoms with van der Waals surface area (Å²) in [5.74, 6) is 0.929. The Morgan fingerprint density at radius 1 is 1.15 bits per heavy atom. The third-order valence-electron chi connectivity index (χ3n) is 5.15. The molecule has 2 aromatic carbocycles. The highest BCUT2D eigenvalue weighted by Gasteiger charge is 2.18. The van der Waals surface area contributed by atoms with Gasteiger partial charge < -0.3 is 20.3 Å². The SMILES string of the molecule is CC1CCN(c2ccc(NC(=O)c3ccc4c(c3)NC(=O)CO4)cc2)CC1. The van der Waals surface area contributed by atoms with Gasteiger partial charge in [0.15, 0.2) is 6.61 Å². The summed E-state index contributed by atoms with van der Waals surface area (Å²) >= 11 is 0. The number of amides is 2. The molecule has 0 spiro atoms. The highest BCUT2D eigenvalue weighted by molar-refractivity contribution is 6.06. The first-order chi connectivity index (χ1) is 13.1. The maximum absolute atomic E-state index is 12.5. The molecule has 1 saturated heterocycles. The first kappa shape index (κ1) is 17.4. The molecular weight excluding hydrogens is 342 g/mol. The van der Waals surface area contributed by atoms with E-state index in [4.69, 9.17) is 4.74 Å². The minimum atomic E-state index is -0.225. The molecule has 0 bridgehead atoms. The molecule has 0 saturated carbocycles. The molecular formula is C21H23N3O3. The number of nitrogens with zero attached hydrogens (tertiary/aromatic N) is 1. The number of ether oxygens (including phenoxy) is 1. The molecule has 2 aliphatic rings. The quantitative estimate of drug-likeness (QED) is 0.873. The number of piperidine rings is 1. The number of nitrogens with one attached hydrogen (secondary N) is 2. The first-order valence-electron chi connectivity index (χ1n) is 9.31. The van der Waals surface area contributed by atoms with Crippen LogP contribution in [0.4, 0.5) is 17.1 Å². The maximum atomic E-state index is 12.5. The second-order valence-electron chi connectivity index (χ2n) is 7.22. The zero-order valence-corrected chi connectivity index (χ0v) is 15.3. The molecule has 6 heteroatoms. The fraction of sp³-hybridized carbons (Fsp3) is 0.333. The molecule has 0 aliphatic carbocycles. The number of hydrogen-bond acceptors (Lipinski definition) is 4. The largest absolute Gasteiger partial charge is 0.482 e. The Kier molecular flexibility index (Phi) is 4.71. The Morgan fingerprint density at radius 3 is 2.63 bits per heavy atom. The van der Waals surface area contributed by atoms with E-state index in [2.05, 4.69) is 22.5 Å². The zero-order valence-electron chi connectivity index (χ0n) is 15.3. The Labute approximate surface area is 158 Å². The van der Waals surface area contributed by atoms with Crippen molar-refractivity contribution < 1.29 is 14.3 Å². The Balaban J connectivity index is 1.42. The summed E-state index contributed by atoms with van der Waals surface area (Å²) in [6.07, 6.45) is 2.44. The van der Waals surface area contributed by atoms with Gasteiger partial charge in [0.05, 0.1) is 5.69 Å². The lowest BCUT2D eigenvalue weighted by Crippen LogP contribution is -2.32. The van der Waals surface area contributed by atoms with Crippen molar-refractivity contribution in [2.75, 3.05) is 35.2 Å². The van der Waals surface area contributed by atoms with E-state index in [9.17, 15) is 9.59 Å². The van der Waals surface area contributed by atoms with E-state index < -0.39 is 0 Å². The van der Waals surface area contributed by atoms with Crippen LogP contribution < -0.4 is 20.3 Å². The average Bonchev–Trinajstić information content (AvgIpc) is 2.68. The predicted octanol–water partition coefficient (Wildman–Crippen LogP) is 3.51. The van der Waals surface area contributed by atoms with Gasteiger partial charge in [-0.15, -0.1) is 0 Å². The van der Waals surface area contributed by atoms with Gasteiger partial charge in [0.25, 0.3) is 11.8 Å². The second-order valence-corrected chi connectivity index (χ2v) is 7.22. The van der Waals surface area contributed by atoms with Crippen molar-refractivity contribution in [2.45, 2.75) is 19.8 Å². The maximum Gasteiger partial charge on any atom is 0.262 e. The predicted molar refractivity (Wildman–Crippen MR) is 106 cm³/mol. The number of benzene rings is 2. The summed E-state index contributed by atoms with van der Waals surface area (Å²) in [5, 5.41) is 5.62. The van der Waals surface area contributed by atoms with Crippen LogP contribution in [0.15, 0.2) is 42.5 Å². The number of rotatable bonds is 3. The van der Waals surface area contributed by atoms with E-state index in [1.54, 1.807) is 18.2 Å². The van der Waals surface area contributed by atoms with Crippen molar-refractivity contribution in [1.82, 2.24) is 0 Å². The third-order valence-corrected chi connectivity index (χ3v) is 5.15. The van der Waals surface area contributed by atoms with Gasteiger partial charge in [0, 0.05) is 30.0 Å². The standard InChI is InChI=1S/C21H23N3O3/c1-14-8-10-24(11-9-14)17-5-3-16(4-6-17)22-21(26)15-2-7-19-18(12-15)23-20(25)13-27-19/h2-7,12,14H,8-11,13H2,1H3,(H,22,26)(H,23,25). The molecule has 140 valence electrons. The van der Waals surface area contributed by atoms with E-state index in [-0.39, 0.29) is 18.4 Å². The van der Waals surface area contributed by atoms with E-state index in [1.165, 1.54) is 18.5 Å². The van der Waals surface area contributed by atoms with E-state index in [0.29, 0.717) is 17.0 Å². The van der Waals surface area contributed by atoms with Crippen molar-refractivity contribution in [2.24, 2.45) is 5.92 Å². The summed E-state index contributed by atoms with van der Waals surface area (Å²) in [4.78, 5) is 26.4. The van der Waals surface area contributed by atoms with Gasteiger partial charge in [-0.1, -0.05) is 6.92 Å². The molecule has 4 rings (SSSR count). The lowest BCUT2D eigenvalue weighted by molar-refractivity contribution is -0.118. The van der Waals surface area contributed by atoms with Crippen LogP contribution in [0.3, 0.4) is 0 Å². The van der Waals surface area contributed by atoms with Gasteiger partial charge in [-0.05, 0) is 61.2 Å². The number of carbonyl (C=O) groups excluding carboxylic acids is 2. The van der Waals surface area contributed by atoms with Crippen molar-refractivity contribution >= 4 is 28.9 Å². The summed E-state index contributed by atoms with van der Waals surface area (Å²) in [7, 11) is 0. The molecule has 2 amide bonds. The van der Waals surface area contributed by atoms with Gasteiger partial charge in [-0.3, -0.25) is 9.59 Å². The topological polar surface area (TPSA) is 70.7 Å². The van der Waals surface area contributed by atoms with Crippen LogP contribution in [0.25, 0.3) is 0 Å². The molecule has 0 atom stereocenters. The molecule has 2 aromatic rings. The smallest absolute Gasteiger partial charge is 0.262 e. The van der Waals surface area contributed by atoms with Crippen molar-refractivity contribution in [3.8, 4) is 5.75 Å². The van der Waals surface area contributed by atoms with Gasteiger partial charge in [0.1, 0.15) is 5.75 Å².